The van der Waals surface area contributed by atoms with Gasteiger partial charge in [-0.25, -0.2) is 13.8 Å². The van der Waals surface area contributed by atoms with Crippen molar-refractivity contribution in [3.8, 4) is 5.75 Å². The van der Waals surface area contributed by atoms with Crippen LogP contribution in [-0.2, 0) is 0 Å². The molecule has 0 saturated heterocycles. The highest BCUT2D eigenvalue weighted by Gasteiger charge is 2.16. The van der Waals surface area contributed by atoms with Crippen LogP contribution in [0.1, 0.15) is 6.92 Å². The summed E-state index contributed by atoms with van der Waals surface area (Å²) in [5.74, 6) is -0.713. The van der Waals surface area contributed by atoms with E-state index in [9.17, 15) is 8.78 Å². The zero-order valence-electron chi connectivity index (χ0n) is 12.2. The number of hydrogen-bond donors (Lipinski definition) is 1. The van der Waals surface area contributed by atoms with Gasteiger partial charge in [0.2, 0.25) is 0 Å². The lowest BCUT2D eigenvalue weighted by atomic mass is 10.2. The third-order valence-corrected chi connectivity index (χ3v) is 3.01. The first-order valence-electron chi connectivity index (χ1n) is 6.54. The highest BCUT2D eigenvalue weighted by Crippen LogP contribution is 2.29. The Morgan fingerprint density at radius 1 is 1.24 bits per heavy atom. The predicted octanol–water partition coefficient (Wildman–Crippen LogP) is 3.57. The monoisotopic (exact) mass is 293 g/mol. The molecule has 112 valence electrons. The van der Waals surface area contributed by atoms with Crippen molar-refractivity contribution in [2.45, 2.75) is 6.92 Å². The quantitative estimate of drug-likeness (QED) is 0.914. The van der Waals surface area contributed by atoms with Gasteiger partial charge in [0.25, 0.3) is 0 Å². The van der Waals surface area contributed by atoms with E-state index in [0.29, 0.717) is 18.0 Å². The molecule has 2 aromatic rings. The van der Waals surface area contributed by atoms with Crippen LogP contribution in [0, 0.1) is 11.6 Å². The van der Waals surface area contributed by atoms with Crippen LogP contribution in [0.2, 0.25) is 0 Å². The van der Waals surface area contributed by atoms with E-state index in [1.807, 2.05) is 6.92 Å². The molecule has 21 heavy (non-hydrogen) atoms. The lowest BCUT2D eigenvalue weighted by Gasteiger charge is -2.20. The number of methoxy groups -OCH3 is 1. The second kappa shape index (κ2) is 6.39. The molecule has 0 unspecified atom stereocenters. The van der Waals surface area contributed by atoms with Crippen LogP contribution in [0.3, 0.4) is 0 Å². The Kier molecular flexibility index (Phi) is 4.57. The van der Waals surface area contributed by atoms with Gasteiger partial charge >= 0.3 is 0 Å². The Bertz CT molecular complexity index is 634. The number of benzene rings is 1. The fourth-order valence-corrected chi connectivity index (χ4v) is 1.92. The van der Waals surface area contributed by atoms with Crippen molar-refractivity contribution >= 4 is 17.3 Å². The molecule has 0 saturated carbocycles. The van der Waals surface area contributed by atoms with Gasteiger partial charge in [0, 0.05) is 31.4 Å². The molecule has 0 aliphatic carbocycles. The maximum Gasteiger partial charge on any atom is 0.171 e. The summed E-state index contributed by atoms with van der Waals surface area (Å²) in [6.45, 7) is 2.31. The first-order valence-corrected chi connectivity index (χ1v) is 6.54. The van der Waals surface area contributed by atoms with Crippen LogP contribution < -0.4 is 15.0 Å². The van der Waals surface area contributed by atoms with E-state index in [1.54, 1.807) is 38.4 Å². The number of hydrogen-bond acceptors (Lipinski definition) is 4. The Balaban J connectivity index is 2.41. The third kappa shape index (κ3) is 3.21. The molecule has 0 fully saturated rings. The SMILES string of the molecule is CCNc1nc(N(C)c2cccc(OC)c2)c(F)cc1F. The first-order chi connectivity index (χ1) is 10.1. The van der Waals surface area contributed by atoms with E-state index in [2.05, 4.69) is 10.3 Å². The molecule has 0 aliphatic rings. The summed E-state index contributed by atoms with van der Waals surface area (Å²) < 4.78 is 32.7. The van der Waals surface area contributed by atoms with Gasteiger partial charge in [0.05, 0.1) is 7.11 Å². The molecule has 1 heterocycles. The van der Waals surface area contributed by atoms with Crippen molar-refractivity contribution < 1.29 is 13.5 Å². The summed E-state index contributed by atoms with van der Waals surface area (Å²) in [6, 6.07) is 7.95. The second-order valence-corrected chi connectivity index (χ2v) is 4.42. The third-order valence-electron chi connectivity index (χ3n) is 3.01. The lowest BCUT2D eigenvalue weighted by molar-refractivity contribution is 0.415. The fraction of sp³-hybridized carbons (Fsp3) is 0.267. The van der Waals surface area contributed by atoms with Gasteiger partial charge in [-0.05, 0) is 19.1 Å². The van der Waals surface area contributed by atoms with Gasteiger partial charge < -0.3 is 15.0 Å². The molecule has 0 radical (unpaired) electrons. The van der Waals surface area contributed by atoms with Crippen LogP contribution in [0.25, 0.3) is 0 Å². The molecule has 0 bridgehead atoms. The van der Waals surface area contributed by atoms with Crippen molar-refractivity contribution in [1.82, 2.24) is 4.98 Å². The molecule has 6 heteroatoms. The maximum atomic E-state index is 14.0. The summed E-state index contributed by atoms with van der Waals surface area (Å²) in [4.78, 5) is 5.56. The van der Waals surface area contributed by atoms with Crippen LogP contribution >= 0.6 is 0 Å². The molecule has 1 N–H and O–H groups in total. The van der Waals surface area contributed by atoms with Gasteiger partial charge in [0.1, 0.15) is 5.75 Å². The van der Waals surface area contributed by atoms with E-state index in [0.717, 1.165) is 6.07 Å². The molecule has 1 aromatic heterocycles. The number of aromatic nitrogens is 1. The van der Waals surface area contributed by atoms with E-state index >= 15 is 0 Å². The Labute approximate surface area is 122 Å². The molecule has 4 nitrogen and oxygen atoms in total. The minimum absolute atomic E-state index is 0.0312. The molecular formula is C15H17F2N3O. The largest absolute Gasteiger partial charge is 0.497 e. The topological polar surface area (TPSA) is 37.4 Å². The molecule has 1 aromatic carbocycles. The van der Waals surface area contributed by atoms with E-state index in [-0.39, 0.29) is 11.6 Å². The smallest absolute Gasteiger partial charge is 0.171 e. The van der Waals surface area contributed by atoms with Gasteiger partial charge in [-0.15, -0.1) is 0 Å². The zero-order valence-corrected chi connectivity index (χ0v) is 12.2. The average molecular weight is 293 g/mol. The molecule has 0 spiro atoms. The minimum Gasteiger partial charge on any atom is -0.497 e. The van der Waals surface area contributed by atoms with Crippen molar-refractivity contribution in [1.29, 1.82) is 0 Å². The van der Waals surface area contributed by atoms with Crippen molar-refractivity contribution in [2.24, 2.45) is 0 Å². The summed E-state index contributed by atoms with van der Waals surface area (Å²) in [5, 5.41) is 2.77. The Morgan fingerprint density at radius 3 is 2.67 bits per heavy atom. The standard InChI is InChI=1S/C15H17F2N3O/c1-4-18-14-12(16)9-13(17)15(19-14)20(2)10-6-5-7-11(8-10)21-3/h5-9H,4H2,1-3H3,(H,18,19). The van der Waals surface area contributed by atoms with E-state index in [4.69, 9.17) is 4.74 Å². The zero-order chi connectivity index (χ0) is 15.4. The van der Waals surface area contributed by atoms with Crippen LogP contribution in [0.15, 0.2) is 30.3 Å². The molecule has 0 aliphatic heterocycles. The fourth-order valence-electron chi connectivity index (χ4n) is 1.92. The summed E-state index contributed by atoms with van der Waals surface area (Å²) >= 11 is 0. The number of pyridine rings is 1. The maximum absolute atomic E-state index is 14.0. The van der Waals surface area contributed by atoms with Crippen molar-refractivity contribution in [2.75, 3.05) is 30.9 Å². The van der Waals surface area contributed by atoms with E-state index in [1.165, 1.54) is 4.90 Å². The highest BCUT2D eigenvalue weighted by molar-refractivity contribution is 5.63. The molecule has 0 atom stereocenters. The van der Waals surface area contributed by atoms with Crippen molar-refractivity contribution in [3.05, 3.63) is 42.0 Å². The first kappa shape index (κ1) is 15.0. The number of nitrogens with zero attached hydrogens (tertiary/aromatic N) is 2. The molecule has 0 amide bonds. The second-order valence-electron chi connectivity index (χ2n) is 4.42. The number of halogens is 2. The Morgan fingerprint density at radius 2 is 2.00 bits per heavy atom. The summed E-state index contributed by atoms with van der Waals surface area (Å²) in [6.07, 6.45) is 0. The summed E-state index contributed by atoms with van der Waals surface area (Å²) in [5.41, 5.74) is 0.690. The van der Waals surface area contributed by atoms with Crippen LogP contribution in [-0.4, -0.2) is 25.7 Å². The lowest BCUT2D eigenvalue weighted by Crippen LogP contribution is -2.15. The van der Waals surface area contributed by atoms with Gasteiger partial charge in [-0.1, -0.05) is 6.07 Å². The predicted molar refractivity (Wildman–Crippen MR) is 79.4 cm³/mol. The normalized spacial score (nSPS) is 10.3. The highest BCUT2D eigenvalue weighted by atomic mass is 19.1. The number of ether oxygens (including phenoxy) is 1. The van der Waals surface area contributed by atoms with Gasteiger partial charge in [-0.2, -0.15) is 0 Å². The minimum atomic E-state index is -0.723. The number of nitrogens with one attached hydrogen (secondary N) is 1. The molecule has 2 rings (SSSR count). The van der Waals surface area contributed by atoms with Crippen LogP contribution in [0.4, 0.5) is 26.1 Å². The molecular weight excluding hydrogens is 276 g/mol. The average Bonchev–Trinajstić information content (AvgIpc) is 2.49. The van der Waals surface area contributed by atoms with Crippen LogP contribution in [0.5, 0.6) is 5.75 Å². The Hall–Kier alpha value is -2.37. The number of anilines is 3. The van der Waals surface area contributed by atoms with Gasteiger partial charge in [-0.3, -0.25) is 0 Å². The number of rotatable bonds is 5. The van der Waals surface area contributed by atoms with Crippen molar-refractivity contribution in [3.63, 3.8) is 0 Å². The van der Waals surface area contributed by atoms with Gasteiger partial charge in [0.15, 0.2) is 23.3 Å². The van der Waals surface area contributed by atoms with E-state index < -0.39 is 11.6 Å². The summed E-state index contributed by atoms with van der Waals surface area (Å²) in [7, 11) is 3.22.